The summed E-state index contributed by atoms with van der Waals surface area (Å²) in [5, 5.41) is 5.86. The van der Waals surface area contributed by atoms with Crippen molar-refractivity contribution in [3.63, 3.8) is 0 Å². The second-order valence-corrected chi connectivity index (χ2v) is 3.58. The zero-order chi connectivity index (χ0) is 12.7. The van der Waals surface area contributed by atoms with Crippen LogP contribution in [0.3, 0.4) is 0 Å². The van der Waals surface area contributed by atoms with Gasteiger partial charge in [-0.2, -0.15) is 0 Å². The Morgan fingerprint density at radius 1 is 1.47 bits per heavy atom. The molecule has 1 amide bonds. The molecule has 0 aromatic heterocycles. The van der Waals surface area contributed by atoms with Gasteiger partial charge in [-0.3, -0.25) is 4.79 Å². The maximum Gasteiger partial charge on any atom is 0.251 e. The number of rotatable bonds is 6. The standard InChI is InChI=1S/C12H19N3O2/c1-3-14-12(16)9-4-5-11(10(13)8-9)15-6-7-17-2/h4-5,8,15H,3,6-7,13H2,1-2H3,(H,14,16). The van der Waals surface area contributed by atoms with Crippen LogP contribution in [0.1, 0.15) is 17.3 Å². The third-order valence-electron chi connectivity index (χ3n) is 2.27. The van der Waals surface area contributed by atoms with Crippen molar-refractivity contribution in [2.24, 2.45) is 0 Å². The summed E-state index contributed by atoms with van der Waals surface area (Å²) in [6.07, 6.45) is 0. The lowest BCUT2D eigenvalue weighted by molar-refractivity contribution is 0.0956. The molecule has 1 aromatic carbocycles. The van der Waals surface area contributed by atoms with Gasteiger partial charge in [-0.1, -0.05) is 0 Å². The topological polar surface area (TPSA) is 76.4 Å². The van der Waals surface area contributed by atoms with Crippen LogP contribution in [0.5, 0.6) is 0 Å². The van der Waals surface area contributed by atoms with Gasteiger partial charge in [0.2, 0.25) is 0 Å². The summed E-state index contributed by atoms with van der Waals surface area (Å²) in [7, 11) is 1.64. The SMILES string of the molecule is CCNC(=O)c1ccc(NCCOC)c(N)c1. The Kier molecular flexibility index (Phi) is 5.29. The molecule has 1 rings (SSSR count). The van der Waals surface area contributed by atoms with Crippen LogP contribution in [0.15, 0.2) is 18.2 Å². The molecule has 0 saturated heterocycles. The summed E-state index contributed by atoms with van der Waals surface area (Å²) in [5.41, 5.74) is 7.80. The van der Waals surface area contributed by atoms with Crippen LogP contribution in [0, 0.1) is 0 Å². The largest absolute Gasteiger partial charge is 0.397 e. The predicted molar refractivity (Wildman–Crippen MR) is 69.2 cm³/mol. The van der Waals surface area contributed by atoms with Gasteiger partial charge in [0.25, 0.3) is 5.91 Å². The third kappa shape index (κ3) is 3.96. The van der Waals surface area contributed by atoms with E-state index >= 15 is 0 Å². The van der Waals surface area contributed by atoms with Crippen molar-refractivity contribution in [2.75, 3.05) is 37.9 Å². The van der Waals surface area contributed by atoms with E-state index < -0.39 is 0 Å². The highest BCUT2D eigenvalue weighted by molar-refractivity contribution is 5.96. The van der Waals surface area contributed by atoms with Gasteiger partial charge in [-0.05, 0) is 25.1 Å². The Bertz CT molecular complexity index is 380. The van der Waals surface area contributed by atoms with Crippen molar-refractivity contribution < 1.29 is 9.53 Å². The van der Waals surface area contributed by atoms with Gasteiger partial charge in [-0.15, -0.1) is 0 Å². The highest BCUT2D eigenvalue weighted by atomic mass is 16.5. The Labute approximate surface area is 101 Å². The van der Waals surface area contributed by atoms with Crippen molar-refractivity contribution in [3.8, 4) is 0 Å². The number of carbonyl (C=O) groups is 1. The van der Waals surface area contributed by atoms with Gasteiger partial charge < -0.3 is 21.1 Å². The number of benzene rings is 1. The number of carbonyl (C=O) groups excluding carboxylic acids is 1. The number of ether oxygens (including phenoxy) is 1. The average Bonchev–Trinajstić information content (AvgIpc) is 2.31. The zero-order valence-electron chi connectivity index (χ0n) is 10.2. The first-order valence-corrected chi connectivity index (χ1v) is 5.59. The van der Waals surface area contributed by atoms with Crippen molar-refractivity contribution in [2.45, 2.75) is 6.92 Å². The molecule has 0 saturated carbocycles. The molecule has 5 heteroatoms. The zero-order valence-corrected chi connectivity index (χ0v) is 10.2. The summed E-state index contributed by atoms with van der Waals surface area (Å²) >= 11 is 0. The predicted octanol–water partition coefficient (Wildman–Crippen LogP) is 1.08. The monoisotopic (exact) mass is 237 g/mol. The fourth-order valence-corrected chi connectivity index (χ4v) is 1.42. The molecule has 0 heterocycles. The minimum atomic E-state index is -0.109. The van der Waals surface area contributed by atoms with E-state index in [4.69, 9.17) is 10.5 Å². The average molecular weight is 237 g/mol. The minimum absolute atomic E-state index is 0.109. The Morgan fingerprint density at radius 2 is 2.24 bits per heavy atom. The van der Waals surface area contributed by atoms with Crippen molar-refractivity contribution in [3.05, 3.63) is 23.8 Å². The molecule has 5 nitrogen and oxygen atoms in total. The van der Waals surface area contributed by atoms with Crippen LogP contribution < -0.4 is 16.4 Å². The summed E-state index contributed by atoms with van der Waals surface area (Å²) in [4.78, 5) is 11.6. The number of anilines is 2. The van der Waals surface area contributed by atoms with Gasteiger partial charge in [-0.25, -0.2) is 0 Å². The summed E-state index contributed by atoms with van der Waals surface area (Å²) in [5.74, 6) is -0.109. The molecule has 4 N–H and O–H groups in total. The van der Waals surface area contributed by atoms with E-state index in [0.29, 0.717) is 30.9 Å². The molecular formula is C12H19N3O2. The third-order valence-corrected chi connectivity index (χ3v) is 2.27. The van der Waals surface area contributed by atoms with E-state index in [1.54, 1.807) is 25.3 Å². The van der Waals surface area contributed by atoms with Crippen LogP contribution in [-0.2, 0) is 4.74 Å². The fourth-order valence-electron chi connectivity index (χ4n) is 1.42. The lowest BCUT2D eigenvalue weighted by Gasteiger charge is -2.10. The first-order chi connectivity index (χ1) is 8.19. The van der Waals surface area contributed by atoms with E-state index in [2.05, 4.69) is 10.6 Å². The summed E-state index contributed by atoms with van der Waals surface area (Å²) < 4.78 is 4.93. The molecule has 0 unspecified atom stereocenters. The van der Waals surface area contributed by atoms with Gasteiger partial charge in [0, 0.05) is 25.8 Å². The van der Waals surface area contributed by atoms with Gasteiger partial charge in [0.05, 0.1) is 18.0 Å². The number of nitrogens with two attached hydrogens (primary N) is 1. The molecule has 0 atom stereocenters. The van der Waals surface area contributed by atoms with Crippen molar-refractivity contribution >= 4 is 17.3 Å². The normalized spacial score (nSPS) is 10.0. The molecule has 94 valence electrons. The van der Waals surface area contributed by atoms with Crippen LogP contribution in [0.2, 0.25) is 0 Å². The molecule has 0 aliphatic rings. The first kappa shape index (κ1) is 13.3. The van der Waals surface area contributed by atoms with E-state index in [9.17, 15) is 4.79 Å². The lowest BCUT2D eigenvalue weighted by Crippen LogP contribution is -2.22. The molecule has 0 aliphatic heterocycles. The van der Waals surface area contributed by atoms with Crippen LogP contribution in [0.25, 0.3) is 0 Å². The van der Waals surface area contributed by atoms with Crippen LogP contribution >= 0.6 is 0 Å². The van der Waals surface area contributed by atoms with E-state index in [1.165, 1.54) is 0 Å². The highest BCUT2D eigenvalue weighted by Crippen LogP contribution is 2.19. The van der Waals surface area contributed by atoms with Gasteiger partial charge in [0.1, 0.15) is 0 Å². The number of methoxy groups -OCH3 is 1. The molecule has 17 heavy (non-hydrogen) atoms. The Hall–Kier alpha value is -1.75. The minimum Gasteiger partial charge on any atom is -0.397 e. The molecule has 0 aliphatic carbocycles. The number of hydrogen-bond acceptors (Lipinski definition) is 4. The second-order valence-electron chi connectivity index (χ2n) is 3.58. The van der Waals surface area contributed by atoms with Crippen LogP contribution in [0.4, 0.5) is 11.4 Å². The number of amides is 1. The first-order valence-electron chi connectivity index (χ1n) is 5.59. The van der Waals surface area contributed by atoms with Gasteiger partial charge >= 0.3 is 0 Å². The van der Waals surface area contributed by atoms with Crippen molar-refractivity contribution in [1.29, 1.82) is 0 Å². The van der Waals surface area contributed by atoms with E-state index in [-0.39, 0.29) is 5.91 Å². The van der Waals surface area contributed by atoms with Crippen LogP contribution in [-0.4, -0.2) is 32.7 Å². The van der Waals surface area contributed by atoms with E-state index in [1.807, 2.05) is 6.92 Å². The number of hydrogen-bond donors (Lipinski definition) is 3. The lowest BCUT2D eigenvalue weighted by atomic mass is 10.1. The maximum atomic E-state index is 11.6. The summed E-state index contributed by atoms with van der Waals surface area (Å²) in [6, 6.07) is 5.21. The molecule has 0 fully saturated rings. The maximum absolute atomic E-state index is 11.6. The van der Waals surface area contributed by atoms with E-state index in [0.717, 1.165) is 5.69 Å². The molecule has 1 aromatic rings. The fraction of sp³-hybridized carbons (Fsp3) is 0.417. The molecule has 0 radical (unpaired) electrons. The Balaban J connectivity index is 2.68. The second kappa shape index (κ2) is 6.75. The van der Waals surface area contributed by atoms with Crippen molar-refractivity contribution in [1.82, 2.24) is 5.32 Å². The Morgan fingerprint density at radius 3 is 2.82 bits per heavy atom. The smallest absolute Gasteiger partial charge is 0.251 e. The summed E-state index contributed by atoms with van der Waals surface area (Å²) in [6.45, 7) is 3.77. The number of nitrogen functional groups attached to an aromatic ring is 1. The quantitative estimate of drug-likeness (QED) is 0.511. The molecule has 0 bridgehead atoms. The molecular weight excluding hydrogens is 218 g/mol. The number of nitrogens with one attached hydrogen (secondary N) is 2. The van der Waals surface area contributed by atoms with Gasteiger partial charge in [0.15, 0.2) is 0 Å². The highest BCUT2D eigenvalue weighted by Gasteiger charge is 2.06. The molecule has 0 spiro atoms.